The fraction of sp³-hybridized carbons (Fsp3) is 0.929. The summed E-state index contributed by atoms with van der Waals surface area (Å²) >= 11 is 0. The van der Waals surface area contributed by atoms with Gasteiger partial charge in [-0.2, -0.15) is 0 Å². The van der Waals surface area contributed by atoms with Crippen molar-refractivity contribution in [3.63, 3.8) is 0 Å². The van der Waals surface area contributed by atoms with Crippen LogP contribution in [0.15, 0.2) is 5.16 Å². The van der Waals surface area contributed by atoms with E-state index in [2.05, 4.69) is 10.1 Å². The number of ether oxygens (including phenoxy) is 2. The maximum Gasteiger partial charge on any atom is 0.142 e. The summed E-state index contributed by atoms with van der Waals surface area (Å²) in [6.45, 7) is 4.49. The monoisotopic (exact) mass is 283 g/mol. The molecule has 3 heterocycles. The lowest BCUT2D eigenvalue weighted by atomic mass is 9.87. The van der Waals surface area contributed by atoms with Gasteiger partial charge in [0.15, 0.2) is 0 Å². The number of rotatable bonds is 2. The molecule has 0 aromatic carbocycles. The molecule has 6 heteroatoms. The number of likely N-dealkylation sites (tertiary alicyclic amines) is 1. The first-order chi connectivity index (χ1) is 9.72. The van der Waals surface area contributed by atoms with Gasteiger partial charge in [-0.05, 0) is 38.8 Å². The lowest BCUT2D eigenvalue weighted by Gasteiger charge is -2.44. The Labute approximate surface area is 119 Å². The van der Waals surface area contributed by atoms with Gasteiger partial charge in [-0.3, -0.25) is 0 Å². The first-order valence-electron chi connectivity index (χ1n) is 7.66. The van der Waals surface area contributed by atoms with Gasteiger partial charge in [0.2, 0.25) is 0 Å². The van der Waals surface area contributed by atoms with Crippen LogP contribution in [-0.4, -0.2) is 60.5 Å². The molecule has 6 nitrogen and oxygen atoms in total. The molecule has 3 rings (SSSR count). The number of hydrogen-bond acceptors (Lipinski definition) is 5. The molecular weight excluding hydrogens is 258 g/mol. The topological polar surface area (TPSA) is 80.3 Å². The van der Waals surface area contributed by atoms with E-state index in [1.807, 2.05) is 0 Å². The van der Waals surface area contributed by atoms with Crippen molar-refractivity contribution in [3.8, 4) is 0 Å². The van der Waals surface area contributed by atoms with Crippen molar-refractivity contribution in [3.05, 3.63) is 0 Å². The normalized spacial score (nSPS) is 37.6. The Hall–Kier alpha value is -0.850. The zero-order valence-corrected chi connectivity index (χ0v) is 12.0. The van der Waals surface area contributed by atoms with Gasteiger partial charge in [-0.25, -0.2) is 0 Å². The maximum atomic E-state index is 8.76. The third-order valence-electron chi connectivity index (χ3n) is 5.11. The Balaban J connectivity index is 1.55. The highest BCUT2D eigenvalue weighted by Crippen LogP contribution is 2.35. The summed E-state index contributed by atoms with van der Waals surface area (Å²) in [5.74, 6) is 0.622. The zero-order chi connectivity index (χ0) is 14.0. The minimum atomic E-state index is -0.0225. The van der Waals surface area contributed by atoms with Crippen LogP contribution in [-0.2, 0) is 9.47 Å². The van der Waals surface area contributed by atoms with Crippen molar-refractivity contribution in [2.24, 2.45) is 16.8 Å². The van der Waals surface area contributed by atoms with Crippen molar-refractivity contribution in [1.29, 1.82) is 0 Å². The molecule has 0 aromatic heterocycles. The molecule has 2 atom stereocenters. The fourth-order valence-electron chi connectivity index (χ4n) is 3.82. The third-order valence-corrected chi connectivity index (χ3v) is 5.11. The number of nitrogens with zero attached hydrogens (tertiary/aromatic N) is 2. The molecule has 1 spiro atoms. The largest absolute Gasteiger partial charge is 0.409 e. The minimum Gasteiger partial charge on any atom is -0.409 e. The summed E-state index contributed by atoms with van der Waals surface area (Å²) in [4.78, 5) is 2.56. The van der Waals surface area contributed by atoms with E-state index in [4.69, 9.17) is 20.4 Å². The molecule has 3 saturated heterocycles. The van der Waals surface area contributed by atoms with Gasteiger partial charge >= 0.3 is 0 Å². The minimum absolute atomic E-state index is 0.0225. The van der Waals surface area contributed by atoms with Crippen LogP contribution in [0.25, 0.3) is 0 Å². The van der Waals surface area contributed by atoms with Crippen molar-refractivity contribution in [2.75, 3.05) is 32.9 Å². The Bertz CT molecular complexity index is 361. The molecule has 0 amide bonds. The maximum absolute atomic E-state index is 8.76. The predicted molar refractivity (Wildman–Crippen MR) is 74.8 cm³/mol. The molecule has 0 radical (unpaired) electrons. The summed E-state index contributed by atoms with van der Waals surface area (Å²) in [5, 5.41) is 11.9. The van der Waals surface area contributed by atoms with Crippen LogP contribution in [0.3, 0.4) is 0 Å². The zero-order valence-electron chi connectivity index (χ0n) is 12.0. The molecule has 3 aliphatic rings. The Kier molecular flexibility index (Phi) is 4.14. The van der Waals surface area contributed by atoms with Gasteiger partial charge in [-0.1, -0.05) is 5.16 Å². The molecular formula is C14H25N3O3. The van der Waals surface area contributed by atoms with Crippen LogP contribution in [0.2, 0.25) is 0 Å². The summed E-state index contributed by atoms with van der Waals surface area (Å²) in [5.41, 5.74) is 5.69. The lowest BCUT2D eigenvalue weighted by molar-refractivity contribution is -0.108. The second kappa shape index (κ2) is 5.87. The molecule has 20 heavy (non-hydrogen) atoms. The van der Waals surface area contributed by atoms with Crippen molar-refractivity contribution in [2.45, 2.75) is 43.7 Å². The molecule has 0 aromatic rings. The van der Waals surface area contributed by atoms with Crippen LogP contribution in [0, 0.1) is 5.92 Å². The SMILES string of the molecule is NC(=NO)C1CCN(C2CCOC3(CCOC3)C2)CC1. The number of nitrogens with two attached hydrogens (primary N) is 1. The highest BCUT2D eigenvalue weighted by atomic mass is 16.6. The first-order valence-corrected chi connectivity index (χ1v) is 7.66. The van der Waals surface area contributed by atoms with E-state index < -0.39 is 0 Å². The average Bonchev–Trinajstić information content (AvgIpc) is 2.94. The number of hydrogen-bond donors (Lipinski definition) is 2. The summed E-state index contributed by atoms with van der Waals surface area (Å²) in [6, 6.07) is 0.596. The summed E-state index contributed by atoms with van der Waals surface area (Å²) in [6.07, 6.45) is 5.19. The van der Waals surface area contributed by atoms with Crippen molar-refractivity contribution in [1.82, 2.24) is 4.90 Å². The Morgan fingerprint density at radius 2 is 2.05 bits per heavy atom. The van der Waals surface area contributed by atoms with Gasteiger partial charge in [-0.15, -0.1) is 0 Å². The second-order valence-electron chi connectivity index (χ2n) is 6.32. The highest BCUT2D eigenvalue weighted by Gasteiger charge is 2.43. The van der Waals surface area contributed by atoms with E-state index in [-0.39, 0.29) is 11.5 Å². The van der Waals surface area contributed by atoms with E-state index in [1.54, 1.807) is 0 Å². The van der Waals surface area contributed by atoms with E-state index in [0.717, 1.165) is 65.0 Å². The lowest BCUT2D eigenvalue weighted by Crippen LogP contribution is -2.51. The van der Waals surface area contributed by atoms with Crippen LogP contribution in [0.5, 0.6) is 0 Å². The smallest absolute Gasteiger partial charge is 0.142 e. The van der Waals surface area contributed by atoms with Gasteiger partial charge < -0.3 is 25.3 Å². The number of oxime groups is 1. The van der Waals surface area contributed by atoms with E-state index in [1.165, 1.54) is 0 Å². The number of amidine groups is 1. The average molecular weight is 283 g/mol. The molecule has 0 aliphatic carbocycles. The molecule has 3 aliphatic heterocycles. The van der Waals surface area contributed by atoms with Gasteiger partial charge in [0.25, 0.3) is 0 Å². The number of piperidine rings is 1. The summed E-state index contributed by atoms with van der Waals surface area (Å²) in [7, 11) is 0. The molecule has 0 bridgehead atoms. The van der Waals surface area contributed by atoms with E-state index in [9.17, 15) is 0 Å². The van der Waals surface area contributed by atoms with Crippen LogP contribution >= 0.6 is 0 Å². The van der Waals surface area contributed by atoms with Gasteiger partial charge in [0, 0.05) is 31.6 Å². The highest BCUT2D eigenvalue weighted by molar-refractivity contribution is 5.82. The van der Waals surface area contributed by atoms with Crippen LogP contribution in [0.4, 0.5) is 0 Å². The quantitative estimate of drug-likeness (QED) is 0.339. The Morgan fingerprint density at radius 3 is 2.70 bits per heavy atom. The molecule has 2 unspecified atom stereocenters. The van der Waals surface area contributed by atoms with Crippen molar-refractivity contribution < 1.29 is 14.7 Å². The predicted octanol–water partition coefficient (Wildman–Crippen LogP) is 0.783. The fourth-order valence-corrected chi connectivity index (χ4v) is 3.82. The standard InChI is InChI=1S/C14H25N3O3/c15-13(16-18)11-1-5-17(6-2-11)12-3-7-20-14(9-12)4-8-19-10-14/h11-12,18H,1-10H2,(H2,15,16). The van der Waals surface area contributed by atoms with E-state index in [0.29, 0.717) is 11.9 Å². The van der Waals surface area contributed by atoms with Crippen LogP contribution < -0.4 is 5.73 Å². The van der Waals surface area contributed by atoms with Crippen LogP contribution in [0.1, 0.15) is 32.1 Å². The molecule has 114 valence electrons. The second-order valence-corrected chi connectivity index (χ2v) is 6.32. The van der Waals surface area contributed by atoms with E-state index >= 15 is 0 Å². The van der Waals surface area contributed by atoms with Gasteiger partial charge in [0.05, 0.1) is 12.2 Å². The van der Waals surface area contributed by atoms with Crippen molar-refractivity contribution >= 4 is 5.84 Å². The third kappa shape index (κ3) is 2.77. The molecule has 3 fully saturated rings. The first kappa shape index (κ1) is 14.1. The molecule has 3 N–H and O–H groups in total. The molecule has 0 saturated carbocycles. The summed E-state index contributed by atoms with van der Waals surface area (Å²) < 4.78 is 11.5. The Morgan fingerprint density at radius 1 is 1.25 bits per heavy atom. The van der Waals surface area contributed by atoms with Gasteiger partial charge in [0.1, 0.15) is 5.84 Å².